The largest absolute Gasteiger partial charge is 0.366 e. The first-order valence-electron chi connectivity index (χ1n) is 4.63. The van der Waals surface area contributed by atoms with Crippen LogP contribution in [-0.2, 0) is 9.59 Å². The minimum atomic E-state index is -0.488. The fourth-order valence-corrected chi connectivity index (χ4v) is 1.07. The fourth-order valence-electron chi connectivity index (χ4n) is 1.07. The Labute approximate surface area is 93.2 Å². The summed E-state index contributed by atoms with van der Waals surface area (Å²) in [5.41, 5.74) is 11.6. The maximum absolute atomic E-state index is 10.5. The van der Waals surface area contributed by atoms with Crippen LogP contribution in [0.25, 0.3) is 12.2 Å². The fraction of sp³-hybridized carbons (Fsp3) is 0. The van der Waals surface area contributed by atoms with Crippen molar-refractivity contribution < 1.29 is 9.59 Å². The molecule has 2 amide bonds. The first-order valence-corrected chi connectivity index (χ1v) is 4.63. The Morgan fingerprint density at radius 2 is 1.12 bits per heavy atom. The summed E-state index contributed by atoms with van der Waals surface area (Å²) in [6.45, 7) is 0. The van der Waals surface area contributed by atoms with Crippen molar-refractivity contribution in [1.29, 1.82) is 0 Å². The molecule has 0 heterocycles. The van der Waals surface area contributed by atoms with Gasteiger partial charge in [0.05, 0.1) is 0 Å². The first-order chi connectivity index (χ1) is 7.58. The van der Waals surface area contributed by atoms with E-state index in [1.54, 1.807) is 36.4 Å². The molecule has 0 aliphatic rings. The van der Waals surface area contributed by atoms with Gasteiger partial charge in [-0.3, -0.25) is 9.59 Å². The molecular weight excluding hydrogens is 204 g/mol. The van der Waals surface area contributed by atoms with Gasteiger partial charge < -0.3 is 11.5 Å². The maximum Gasteiger partial charge on any atom is 0.241 e. The van der Waals surface area contributed by atoms with E-state index in [2.05, 4.69) is 0 Å². The third-order valence-corrected chi connectivity index (χ3v) is 1.82. The third kappa shape index (κ3) is 4.23. The van der Waals surface area contributed by atoms with Gasteiger partial charge >= 0.3 is 0 Å². The number of amides is 2. The van der Waals surface area contributed by atoms with Gasteiger partial charge in [-0.2, -0.15) is 0 Å². The molecule has 4 heteroatoms. The van der Waals surface area contributed by atoms with Crippen LogP contribution in [0.2, 0.25) is 0 Å². The predicted octanol–water partition coefficient (Wildman–Crippen LogP) is 0.684. The summed E-state index contributed by atoms with van der Waals surface area (Å²) < 4.78 is 0. The number of hydrogen-bond acceptors (Lipinski definition) is 2. The molecule has 82 valence electrons. The van der Waals surface area contributed by atoms with Crippen LogP contribution in [0.4, 0.5) is 0 Å². The number of hydrogen-bond donors (Lipinski definition) is 2. The van der Waals surface area contributed by atoms with E-state index in [0.29, 0.717) is 0 Å². The minimum absolute atomic E-state index is 0.488. The molecule has 0 saturated carbocycles. The van der Waals surface area contributed by atoms with Gasteiger partial charge in [-0.05, 0) is 23.3 Å². The Balaban J connectivity index is 2.75. The second-order valence-electron chi connectivity index (χ2n) is 3.14. The Kier molecular flexibility index (Phi) is 4.03. The zero-order valence-electron chi connectivity index (χ0n) is 8.59. The van der Waals surface area contributed by atoms with Gasteiger partial charge in [-0.15, -0.1) is 0 Å². The van der Waals surface area contributed by atoms with Crippen molar-refractivity contribution in [2.45, 2.75) is 0 Å². The Bertz CT molecular complexity index is 402. The smallest absolute Gasteiger partial charge is 0.241 e. The van der Waals surface area contributed by atoms with Crippen LogP contribution >= 0.6 is 0 Å². The second kappa shape index (κ2) is 5.50. The lowest BCUT2D eigenvalue weighted by Crippen LogP contribution is -2.05. The van der Waals surface area contributed by atoms with E-state index in [4.69, 9.17) is 11.5 Å². The number of carbonyl (C=O) groups is 2. The van der Waals surface area contributed by atoms with E-state index < -0.39 is 11.8 Å². The van der Waals surface area contributed by atoms with Gasteiger partial charge in [0.25, 0.3) is 0 Å². The molecule has 0 aromatic heterocycles. The lowest BCUT2D eigenvalue weighted by Gasteiger charge is -1.95. The molecule has 4 nitrogen and oxygen atoms in total. The standard InChI is InChI=1S/C12H12N2O2/c13-11(15)7-5-9-1-2-10(4-3-9)6-8-12(14)16/h1-8H,(H2,13,15)(H2,14,16). The quantitative estimate of drug-likeness (QED) is 0.725. The molecule has 0 bridgehead atoms. The molecular formula is C12H12N2O2. The highest BCUT2D eigenvalue weighted by Crippen LogP contribution is 2.07. The normalized spacial score (nSPS) is 11.0. The molecule has 1 rings (SSSR count). The Hall–Kier alpha value is -2.36. The Morgan fingerprint density at radius 3 is 1.38 bits per heavy atom. The lowest BCUT2D eigenvalue weighted by molar-refractivity contribution is -0.114. The number of primary amides is 2. The summed E-state index contributed by atoms with van der Waals surface area (Å²) in [4.78, 5) is 21.0. The maximum atomic E-state index is 10.5. The number of rotatable bonds is 4. The molecule has 0 unspecified atom stereocenters. The van der Waals surface area contributed by atoms with Gasteiger partial charge in [-0.1, -0.05) is 24.3 Å². The molecule has 0 saturated heterocycles. The lowest BCUT2D eigenvalue weighted by atomic mass is 10.1. The molecule has 0 aliphatic carbocycles. The summed E-state index contributed by atoms with van der Waals surface area (Å²) in [7, 11) is 0. The highest BCUT2D eigenvalue weighted by Gasteiger charge is 1.90. The van der Waals surface area contributed by atoms with Crippen molar-refractivity contribution in [3.63, 3.8) is 0 Å². The van der Waals surface area contributed by atoms with E-state index in [-0.39, 0.29) is 0 Å². The van der Waals surface area contributed by atoms with E-state index in [9.17, 15) is 9.59 Å². The zero-order chi connectivity index (χ0) is 12.0. The monoisotopic (exact) mass is 216 g/mol. The van der Waals surface area contributed by atoms with Crippen molar-refractivity contribution in [1.82, 2.24) is 0 Å². The average Bonchev–Trinajstić information content (AvgIpc) is 2.25. The van der Waals surface area contributed by atoms with E-state index >= 15 is 0 Å². The topological polar surface area (TPSA) is 86.2 Å². The van der Waals surface area contributed by atoms with Crippen molar-refractivity contribution in [2.75, 3.05) is 0 Å². The van der Waals surface area contributed by atoms with Crippen LogP contribution in [0.1, 0.15) is 11.1 Å². The number of benzene rings is 1. The molecule has 0 spiro atoms. The second-order valence-corrected chi connectivity index (χ2v) is 3.14. The molecule has 1 aromatic rings. The summed E-state index contributed by atoms with van der Waals surface area (Å²) in [5.74, 6) is -0.976. The van der Waals surface area contributed by atoms with Crippen LogP contribution in [-0.4, -0.2) is 11.8 Å². The Morgan fingerprint density at radius 1 is 0.812 bits per heavy atom. The van der Waals surface area contributed by atoms with Crippen molar-refractivity contribution in [3.8, 4) is 0 Å². The van der Waals surface area contributed by atoms with Gasteiger partial charge in [0.2, 0.25) is 11.8 Å². The highest BCUT2D eigenvalue weighted by molar-refractivity contribution is 5.91. The number of nitrogens with two attached hydrogens (primary N) is 2. The summed E-state index contributed by atoms with van der Waals surface area (Å²) in [6, 6.07) is 7.22. The molecule has 0 fully saturated rings. The summed E-state index contributed by atoms with van der Waals surface area (Å²) >= 11 is 0. The summed E-state index contributed by atoms with van der Waals surface area (Å²) in [5, 5.41) is 0. The number of carbonyl (C=O) groups excluding carboxylic acids is 2. The molecule has 16 heavy (non-hydrogen) atoms. The average molecular weight is 216 g/mol. The SMILES string of the molecule is NC(=O)C=Cc1ccc(C=CC(N)=O)cc1. The third-order valence-electron chi connectivity index (χ3n) is 1.82. The van der Waals surface area contributed by atoms with Crippen LogP contribution in [0.3, 0.4) is 0 Å². The van der Waals surface area contributed by atoms with Gasteiger partial charge in [0.15, 0.2) is 0 Å². The predicted molar refractivity (Wildman–Crippen MR) is 62.9 cm³/mol. The van der Waals surface area contributed by atoms with Gasteiger partial charge in [0, 0.05) is 12.2 Å². The minimum Gasteiger partial charge on any atom is -0.366 e. The molecule has 0 radical (unpaired) electrons. The van der Waals surface area contributed by atoms with Gasteiger partial charge in [0.1, 0.15) is 0 Å². The molecule has 1 aromatic carbocycles. The first kappa shape index (κ1) is 11.7. The van der Waals surface area contributed by atoms with Crippen molar-refractivity contribution in [2.24, 2.45) is 11.5 Å². The van der Waals surface area contributed by atoms with Crippen LogP contribution in [0.5, 0.6) is 0 Å². The zero-order valence-corrected chi connectivity index (χ0v) is 8.59. The van der Waals surface area contributed by atoms with Crippen LogP contribution in [0.15, 0.2) is 36.4 Å². The van der Waals surface area contributed by atoms with Crippen LogP contribution < -0.4 is 11.5 Å². The summed E-state index contributed by atoms with van der Waals surface area (Å²) in [6.07, 6.45) is 5.80. The van der Waals surface area contributed by atoms with E-state index in [1.165, 1.54) is 12.2 Å². The van der Waals surface area contributed by atoms with Crippen molar-refractivity contribution >= 4 is 24.0 Å². The molecule has 4 N–H and O–H groups in total. The van der Waals surface area contributed by atoms with Crippen LogP contribution in [0, 0.1) is 0 Å². The molecule has 0 atom stereocenters. The van der Waals surface area contributed by atoms with Crippen molar-refractivity contribution in [3.05, 3.63) is 47.5 Å². The molecule has 0 aliphatic heterocycles. The van der Waals surface area contributed by atoms with E-state index in [1.807, 2.05) is 0 Å². The van der Waals surface area contributed by atoms with Gasteiger partial charge in [-0.25, -0.2) is 0 Å². The highest BCUT2D eigenvalue weighted by atomic mass is 16.1. The van der Waals surface area contributed by atoms with E-state index in [0.717, 1.165) is 11.1 Å².